The number of allylic oxidation sites excluding steroid dienone is 2. The number of unbranched alkanes of at least 4 members (excludes halogenated alkanes) is 1. The van der Waals surface area contributed by atoms with Crippen molar-refractivity contribution in [1.29, 1.82) is 0 Å². The molecule has 1 unspecified atom stereocenters. The molecule has 2 aliphatic rings. The first-order valence-electron chi connectivity index (χ1n) is 8.46. The van der Waals surface area contributed by atoms with Crippen LogP contribution in [0.5, 0.6) is 0 Å². The van der Waals surface area contributed by atoms with Crippen molar-refractivity contribution in [1.82, 2.24) is 0 Å². The average Bonchev–Trinajstić information content (AvgIpc) is 3.12. The Morgan fingerprint density at radius 1 is 1.30 bits per heavy atom. The maximum absolute atomic E-state index is 13.3. The van der Waals surface area contributed by atoms with Gasteiger partial charge in [-0.25, -0.2) is 0 Å². The second kappa shape index (κ2) is 6.23. The molecule has 1 aromatic carbocycles. The predicted octanol–water partition coefficient (Wildman–Crippen LogP) is 3.34. The standard InChI is InChI=1S/C19H25NO2S/c1-3-4-11-19(18(20)21)15-8-7-14(12-15)17(19)23(22)16-9-5-13(2)6-10-16/h5-10,14-15,17H,3-4,11-12H2,1-2H3,(H2,20,21)/t14-,15+,17-,19+,23?/m1/s1. The molecule has 0 aliphatic heterocycles. The Labute approximate surface area is 140 Å². The van der Waals surface area contributed by atoms with Gasteiger partial charge in [-0.05, 0) is 43.7 Å². The first kappa shape index (κ1) is 16.4. The van der Waals surface area contributed by atoms with E-state index in [-0.39, 0.29) is 23.0 Å². The lowest BCUT2D eigenvalue weighted by Crippen LogP contribution is -2.51. The highest BCUT2D eigenvalue weighted by Crippen LogP contribution is 2.57. The van der Waals surface area contributed by atoms with Crippen molar-refractivity contribution < 1.29 is 9.00 Å². The van der Waals surface area contributed by atoms with Crippen molar-refractivity contribution >= 4 is 16.7 Å². The van der Waals surface area contributed by atoms with Crippen molar-refractivity contribution in [3.63, 3.8) is 0 Å². The van der Waals surface area contributed by atoms with Crippen LogP contribution in [0.25, 0.3) is 0 Å². The molecule has 2 bridgehead atoms. The number of primary amides is 1. The van der Waals surface area contributed by atoms with Crippen LogP contribution in [-0.4, -0.2) is 15.4 Å². The summed E-state index contributed by atoms with van der Waals surface area (Å²) in [7, 11) is -1.21. The van der Waals surface area contributed by atoms with E-state index in [1.807, 2.05) is 31.2 Å². The summed E-state index contributed by atoms with van der Waals surface area (Å²) in [5, 5.41) is -0.191. The summed E-state index contributed by atoms with van der Waals surface area (Å²) in [6.07, 6.45) is 7.89. The molecule has 3 nitrogen and oxygen atoms in total. The van der Waals surface area contributed by atoms with E-state index in [1.54, 1.807) is 0 Å². The fraction of sp³-hybridized carbons (Fsp3) is 0.526. The maximum atomic E-state index is 13.3. The molecule has 0 heterocycles. The van der Waals surface area contributed by atoms with Gasteiger partial charge in [-0.3, -0.25) is 9.00 Å². The molecule has 1 aromatic rings. The minimum atomic E-state index is -1.21. The molecule has 0 saturated heterocycles. The third kappa shape index (κ3) is 2.57. The Bertz CT molecular complexity index is 652. The van der Waals surface area contributed by atoms with Gasteiger partial charge < -0.3 is 5.73 Å². The Morgan fingerprint density at radius 3 is 2.61 bits per heavy atom. The Kier molecular flexibility index (Phi) is 4.45. The molecular weight excluding hydrogens is 306 g/mol. The maximum Gasteiger partial charge on any atom is 0.225 e. The summed E-state index contributed by atoms with van der Waals surface area (Å²) in [4.78, 5) is 13.3. The Balaban J connectivity index is 2.00. The first-order valence-corrected chi connectivity index (χ1v) is 9.67. The van der Waals surface area contributed by atoms with Crippen LogP contribution in [0.2, 0.25) is 0 Å². The van der Waals surface area contributed by atoms with Crippen molar-refractivity contribution in [3.8, 4) is 0 Å². The molecule has 1 saturated carbocycles. The number of hydrogen-bond acceptors (Lipinski definition) is 2. The molecule has 5 atom stereocenters. The van der Waals surface area contributed by atoms with Crippen molar-refractivity contribution in [2.24, 2.45) is 23.0 Å². The van der Waals surface area contributed by atoms with Crippen LogP contribution < -0.4 is 5.73 Å². The summed E-state index contributed by atoms with van der Waals surface area (Å²) in [6, 6.07) is 7.81. The number of nitrogens with two attached hydrogens (primary N) is 1. The second-order valence-corrected chi connectivity index (χ2v) is 8.50. The number of hydrogen-bond donors (Lipinski definition) is 1. The Hall–Kier alpha value is -1.42. The summed E-state index contributed by atoms with van der Waals surface area (Å²) in [6.45, 7) is 4.13. The lowest BCUT2D eigenvalue weighted by atomic mass is 9.71. The summed E-state index contributed by atoms with van der Waals surface area (Å²) in [5.41, 5.74) is 6.38. The molecule has 23 heavy (non-hydrogen) atoms. The topological polar surface area (TPSA) is 60.2 Å². The van der Waals surface area contributed by atoms with Gasteiger partial charge in [0.25, 0.3) is 0 Å². The van der Waals surface area contributed by atoms with Crippen LogP contribution in [0, 0.1) is 24.2 Å². The molecule has 1 fully saturated rings. The van der Waals surface area contributed by atoms with Gasteiger partial charge in [0.1, 0.15) is 0 Å². The van der Waals surface area contributed by atoms with Crippen molar-refractivity contribution in [2.75, 3.05) is 0 Å². The van der Waals surface area contributed by atoms with Crippen LogP contribution in [0.4, 0.5) is 0 Å². The zero-order valence-corrected chi connectivity index (χ0v) is 14.6. The number of benzene rings is 1. The highest BCUT2D eigenvalue weighted by Gasteiger charge is 2.61. The molecule has 1 amide bonds. The summed E-state index contributed by atoms with van der Waals surface area (Å²) in [5.74, 6) is 0.0794. The minimum absolute atomic E-state index is 0.149. The van der Waals surface area contributed by atoms with E-state index in [1.165, 1.54) is 0 Å². The minimum Gasteiger partial charge on any atom is -0.369 e. The monoisotopic (exact) mass is 331 g/mol. The van der Waals surface area contributed by atoms with E-state index in [9.17, 15) is 9.00 Å². The van der Waals surface area contributed by atoms with Gasteiger partial charge in [-0.2, -0.15) is 0 Å². The van der Waals surface area contributed by atoms with Gasteiger partial charge in [0.15, 0.2) is 0 Å². The van der Waals surface area contributed by atoms with Gasteiger partial charge in [0.2, 0.25) is 5.91 Å². The van der Waals surface area contributed by atoms with E-state index in [0.29, 0.717) is 0 Å². The van der Waals surface area contributed by atoms with Crippen LogP contribution in [0.1, 0.15) is 38.2 Å². The van der Waals surface area contributed by atoms with Gasteiger partial charge in [0, 0.05) is 4.90 Å². The summed E-state index contributed by atoms with van der Waals surface area (Å²) >= 11 is 0. The zero-order valence-electron chi connectivity index (χ0n) is 13.8. The number of amides is 1. The number of carbonyl (C=O) groups is 1. The molecule has 124 valence electrons. The highest BCUT2D eigenvalue weighted by atomic mass is 32.2. The van der Waals surface area contributed by atoms with E-state index >= 15 is 0 Å². The van der Waals surface area contributed by atoms with Crippen LogP contribution in [0.15, 0.2) is 41.3 Å². The third-order valence-electron chi connectivity index (χ3n) is 5.56. The predicted molar refractivity (Wildman–Crippen MR) is 93.3 cm³/mol. The second-order valence-electron chi connectivity index (χ2n) is 6.93. The normalized spacial score (nSPS) is 33.0. The average molecular weight is 331 g/mol. The fourth-order valence-corrected chi connectivity index (χ4v) is 6.35. The molecule has 0 aromatic heterocycles. The van der Waals surface area contributed by atoms with Gasteiger partial charge >= 0.3 is 0 Å². The first-order chi connectivity index (χ1) is 11.0. The molecule has 2 aliphatic carbocycles. The third-order valence-corrected chi connectivity index (χ3v) is 7.53. The van der Waals surface area contributed by atoms with E-state index in [2.05, 4.69) is 19.1 Å². The lowest BCUT2D eigenvalue weighted by molar-refractivity contribution is -0.129. The van der Waals surface area contributed by atoms with Gasteiger partial charge in [0.05, 0.1) is 21.5 Å². The molecule has 0 radical (unpaired) electrons. The Morgan fingerprint density at radius 2 is 2.00 bits per heavy atom. The molecule has 0 spiro atoms. The number of fused-ring (bicyclic) bond motifs is 2. The molecule has 3 rings (SSSR count). The van der Waals surface area contributed by atoms with E-state index < -0.39 is 16.2 Å². The lowest BCUT2D eigenvalue weighted by Gasteiger charge is -2.38. The van der Waals surface area contributed by atoms with E-state index in [4.69, 9.17) is 5.73 Å². The summed E-state index contributed by atoms with van der Waals surface area (Å²) < 4.78 is 13.3. The fourth-order valence-electron chi connectivity index (χ4n) is 4.34. The van der Waals surface area contributed by atoms with Crippen molar-refractivity contribution in [3.05, 3.63) is 42.0 Å². The smallest absolute Gasteiger partial charge is 0.225 e. The number of rotatable bonds is 6. The largest absolute Gasteiger partial charge is 0.369 e. The van der Waals surface area contributed by atoms with E-state index in [0.717, 1.165) is 36.1 Å². The molecule has 4 heteroatoms. The highest BCUT2D eigenvalue weighted by molar-refractivity contribution is 7.85. The van der Waals surface area contributed by atoms with Crippen LogP contribution in [0.3, 0.4) is 0 Å². The molecular formula is C19H25NO2S. The molecule has 2 N–H and O–H groups in total. The van der Waals surface area contributed by atoms with Gasteiger partial charge in [-0.1, -0.05) is 49.6 Å². The zero-order chi connectivity index (χ0) is 16.6. The van der Waals surface area contributed by atoms with Crippen LogP contribution in [-0.2, 0) is 15.6 Å². The SMILES string of the molecule is CCCC[C@]1(C(N)=O)[C@H]2C=C[C@H](C2)[C@H]1S(=O)c1ccc(C)cc1. The quantitative estimate of drug-likeness (QED) is 0.813. The van der Waals surface area contributed by atoms with Crippen LogP contribution >= 0.6 is 0 Å². The number of carbonyl (C=O) groups excluding carboxylic acids is 1. The van der Waals surface area contributed by atoms with Gasteiger partial charge in [-0.15, -0.1) is 0 Å². The number of aryl methyl sites for hydroxylation is 1. The van der Waals surface area contributed by atoms with Crippen molar-refractivity contribution in [2.45, 2.75) is 49.7 Å².